The third-order valence-electron chi connectivity index (χ3n) is 5.56. The average molecular weight is 504 g/mol. The van der Waals surface area contributed by atoms with Crippen LogP contribution >= 0.6 is 11.8 Å². The van der Waals surface area contributed by atoms with Gasteiger partial charge in [0.25, 0.3) is 0 Å². The molecule has 0 N–H and O–H groups in total. The second-order valence-electron chi connectivity index (χ2n) is 8.66. The lowest BCUT2D eigenvalue weighted by Gasteiger charge is -2.25. The molecule has 0 saturated carbocycles. The number of halogens is 1. The van der Waals surface area contributed by atoms with Gasteiger partial charge in [0.2, 0.25) is 0 Å². The van der Waals surface area contributed by atoms with Crippen molar-refractivity contribution < 1.29 is 13.9 Å². The molecule has 0 unspecified atom stereocenters. The first kappa shape index (κ1) is 25.1. The molecule has 0 aliphatic heterocycles. The molecule has 4 aromatic rings. The zero-order valence-corrected chi connectivity index (χ0v) is 21.7. The third-order valence-corrected chi connectivity index (χ3v) is 8.79. The SMILES string of the molecule is Cc1ccc(C(C)(C)OC(=O)CSc2ccc([S+](c3ccccc3)c3ccccc3)cc2F)cc1. The van der Waals surface area contributed by atoms with Crippen LogP contribution in [-0.2, 0) is 26.0 Å². The summed E-state index contributed by atoms with van der Waals surface area (Å²) in [6.45, 7) is 5.75. The van der Waals surface area contributed by atoms with Crippen LogP contribution in [-0.4, -0.2) is 11.7 Å². The van der Waals surface area contributed by atoms with Gasteiger partial charge < -0.3 is 4.74 Å². The van der Waals surface area contributed by atoms with Gasteiger partial charge in [-0.3, -0.25) is 4.79 Å². The number of carbonyl (C=O) groups is 1. The lowest BCUT2D eigenvalue weighted by Crippen LogP contribution is -2.26. The second kappa shape index (κ2) is 11.1. The Hall–Kier alpha value is -3.02. The lowest BCUT2D eigenvalue weighted by atomic mass is 9.97. The molecule has 0 aliphatic rings. The van der Waals surface area contributed by atoms with Crippen molar-refractivity contribution in [1.29, 1.82) is 0 Å². The first-order valence-electron chi connectivity index (χ1n) is 11.4. The van der Waals surface area contributed by atoms with Crippen LogP contribution in [0.5, 0.6) is 0 Å². The predicted octanol–water partition coefficient (Wildman–Crippen LogP) is 7.80. The van der Waals surface area contributed by atoms with Crippen molar-refractivity contribution in [3.8, 4) is 0 Å². The van der Waals surface area contributed by atoms with Crippen LogP contribution in [0.3, 0.4) is 0 Å². The van der Waals surface area contributed by atoms with E-state index in [1.165, 1.54) is 0 Å². The van der Waals surface area contributed by atoms with E-state index in [0.29, 0.717) is 4.90 Å². The van der Waals surface area contributed by atoms with Crippen LogP contribution < -0.4 is 0 Å². The smallest absolute Gasteiger partial charge is 0.317 e. The number of carbonyl (C=O) groups excluding carboxylic acids is 1. The van der Waals surface area contributed by atoms with Gasteiger partial charge in [-0.25, -0.2) is 4.39 Å². The van der Waals surface area contributed by atoms with E-state index in [1.807, 2.05) is 87.5 Å². The van der Waals surface area contributed by atoms with Gasteiger partial charge in [0.1, 0.15) is 11.4 Å². The Balaban J connectivity index is 1.48. The molecule has 0 atom stereocenters. The van der Waals surface area contributed by atoms with Crippen LogP contribution in [0.25, 0.3) is 0 Å². The van der Waals surface area contributed by atoms with Crippen molar-refractivity contribution in [3.05, 3.63) is 120 Å². The van der Waals surface area contributed by atoms with E-state index >= 15 is 4.39 Å². The Labute approximate surface area is 213 Å². The van der Waals surface area contributed by atoms with Crippen molar-refractivity contribution in [2.75, 3.05) is 5.75 Å². The molecule has 35 heavy (non-hydrogen) atoms. The van der Waals surface area contributed by atoms with Crippen molar-refractivity contribution in [1.82, 2.24) is 0 Å². The molecule has 0 saturated heterocycles. The molecule has 178 valence electrons. The number of benzene rings is 4. The second-order valence-corrected chi connectivity index (χ2v) is 11.7. The fourth-order valence-corrected chi connectivity index (χ4v) is 6.51. The maximum Gasteiger partial charge on any atom is 0.317 e. The van der Waals surface area contributed by atoms with E-state index in [4.69, 9.17) is 4.74 Å². The molecule has 4 rings (SSSR count). The quantitative estimate of drug-likeness (QED) is 0.139. The summed E-state index contributed by atoms with van der Waals surface area (Å²) in [6, 6.07) is 33.5. The fraction of sp³-hybridized carbons (Fsp3) is 0.167. The van der Waals surface area contributed by atoms with E-state index < -0.39 is 16.5 Å². The minimum atomic E-state index is -0.756. The molecule has 4 aromatic carbocycles. The number of ether oxygens (including phenoxy) is 1. The zero-order chi connectivity index (χ0) is 24.8. The number of aryl methyl sites for hydroxylation is 1. The molecule has 0 spiro atoms. The number of hydrogen-bond donors (Lipinski definition) is 0. The maximum absolute atomic E-state index is 15.2. The van der Waals surface area contributed by atoms with Crippen molar-refractivity contribution in [3.63, 3.8) is 0 Å². The summed E-state index contributed by atoms with van der Waals surface area (Å²) in [5.41, 5.74) is 1.31. The molecule has 0 radical (unpaired) electrons. The lowest BCUT2D eigenvalue weighted by molar-refractivity contribution is -0.154. The highest BCUT2D eigenvalue weighted by molar-refractivity contribution is 8.00. The van der Waals surface area contributed by atoms with Gasteiger partial charge in [-0.1, -0.05) is 66.2 Å². The summed E-state index contributed by atoms with van der Waals surface area (Å²) in [5, 5.41) is 0. The molecule has 5 heteroatoms. The maximum atomic E-state index is 15.2. The number of esters is 1. The molecule has 0 aliphatic carbocycles. The third kappa shape index (κ3) is 6.36. The van der Waals surface area contributed by atoms with Gasteiger partial charge in [-0.05, 0) is 62.7 Å². The Bertz CT molecular complexity index is 1230. The molecule has 0 aromatic heterocycles. The Morgan fingerprint density at radius 2 is 1.40 bits per heavy atom. The van der Waals surface area contributed by atoms with Gasteiger partial charge in [0.15, 0.2) is 14.7 Å². The molecule has 0 bridgehead atoms. The van der Waals surface area contributed by atoms with Crippen LogP contribution in [0.2, 0.25) is 0 Å². The zero-order valence-electron chi connectivity index (χ0n) is 20.0. The average Bonchev–Trinajstić information content (AvgIpc) is 2.85. The summed E-state index contributed by atoms with van der Waals surface area (Å²) in [4.78, 5) is 16.1. The van der Waals surface area contributed by atoms with E-state index in [2.05, 4.69) is 24.3 Å². The summed E-state index contributed by atoms with van der Waals surface area (Å²) < 4.78 is 20.9. The molecule has 0 heterocycles. The Morgan fingerprint density at radius 3 is 1.94 bits per heavy atom. The molecule has 2 nitrogen and oxygen atoms in total. The van der Waals surface area contributed by atoms with E-state index in [9.17, 15) is 4.79 Å². The number of thioether (sulfide) groups is 1. The topological polar surface area (TPSA) is 26.3 Å². The van der Waals surface area contributed by atoms with E-state index in [1.54, 1.807) is 12.1 Å². The normalized spacial score (nSPS) is 11.5. The first-order chi connectivity index (χ1) is 16.8. The molecule has 0 amide bonds. The molecular weight excluding hydrogens is 475 g/mol. The Kier molecular flexibility index (Phi) is 7.99. The number of rotatable bonds is 8. The van der Waals surface area contributed by atoms with E-state index in [0.717, 1.165) is 37.6 Å². The largest absolute Gasteiger partial charge is 0.454 e. The van der Waals surface area contributed by atoms with Gasteiger partial charge >= 0.3 is 5.97 Å². The molecular formula is C30H28FO2S2+. The van der Waals surface area contributed by atoms with Crippen LogP contribution in [0.15, 0.2) is 123 Å². The minimum Gasteiger partial charge on any atom is -0.454 e. The van der Waals surface area contributed by atoms with Gasteiger partial charge in [-0.15, -0.1) is 11.8 Å². The number of hydrogen-bond acceptors (Lipinski definition) is 3. The highest BCUT2D eigenvalue weighted by atomic mass is 32.2. The monoisotopic (exact) mass is 503 g/mol. The summed E-state index contributed by atoms with van der Waals surface area (Å²) in [7, 11) is -0.423. The minimum absolute atomic E-state index is 0.0364. The summed E-state index contributed by atoms with van der Waals surface area (Å²) in [6.07, 6.45) is 0. The van der Waals surface area contributed by atoms with Crippen LogP contribution in [0, 0.1) is 12.7 Å². The highest BCUT2D eigenvalue weighted by Crippen LogP contribution is 2.34. The van der Waals surface area contributed by atoms with Crippen LogP contribution in [0.1, 0.15) is 25.0 Å². The Morgan fingerprint density at radius 1 is 0.829 bits per heavy atom. The van der Waals surface area contributed by atoms with Crippen molar-refractivity contribution in [2.24, 2.45) is 0 Å². The van der Waals surface area contributed by atoms with E-state index in [-0.39, 0.29) is 17.5 Å². The van der Waals surface area contributed by atoms with Crippen molar-refractivity contribution >= 4 is 28.6 Å². The van der Waals surface area contributed by atoms with Crippen molar-refractivity contribution in [2.45, 2.75) is 46.0 Å². The standard InChI is InChI=1S/C30H28FO2S2/c1-22-14-16-23(17-15-22)30(2,3)33-29(32)21-34-28-19-18-26(20-27(28)31)35(24-10-6-4-7-11-24)25-12-8-5-9-13-25/h4-20H,21H2,1-3H3/q+1. The highest BCUT2D eigenvalue weighted by Gasteiger charge is 2.30. The summed E-state index contributed by atoms with van der Waals surface area (Å²) in [5.74, 6) is -0.672. The fourth-order valence-electron chi connectivity index (χ4n) is 3.71. The van der Waals surface area contributed by atoms with Gasteiger partial charge in [0, 0.05) is 11.0 Å². The summed E-state index contributed by atoms with van der Waals surface area (Å²) >= 11 is 1.16. The predicted molar refractivity (Wildman–Crippen MR) is 142 cm³/mol. The van der Waals surface area contributed by atoms with Crippen LogP contribution in [0.4, 0.5) is 4.39 Å². The molecule has 0 fully saturated rings. The van der Waals surface area contributed by atoms with Gasteiger partial charge in [-0.2, -0.15) is 0 Å². The van der Waals surface area contributed by atoms with Gasteiger partial charge in [0.05, 0.1) is 16.6 Å². The first-order valence-corrected chi connectivity index (χ1v) is 13.6.